The topological polar surface area (TPSA) is 6.48 Å². The lowest BCUT2D eigenvalue weighted by Gasteiger charge is -2.34. The van der Waals surface area contributed by atoms with E-state index in [1.54, 1.807) is 12.1 Å². The van der Waals surface area contributed by atoms with Gasteiger partial charge in [-0.15, -0.1) is 0 Å². The van der Waals surface area contributed by atoms with Crippen LogP contribution in [0, 0.1) is 5.82 Å². The number of hydrogen-bond acceptors (Lipinski definition) is 2. The van der Waals surface area contributed by atoms with Crippen LogP contribution in [-0.2, 0) is 0 Å². The van der Waals surface area contributed by atoms with Gasteiger partial charge in [-0.25, -0.2) is 4.39 Å². The zero-order valence-electron chi connectivity index (χ0n) is 8.71. The number of likely N-dealkylation sites (N-methyl/N-ethyl adjacent to an activating group) is 1. The summed E-state index contributed by atoms with van der Waals surface area (Å²) in [6, 6.07) is 4.86. The molecular formula is C11H14ClFN2. The Balaban J connectivity index is 2.15. The van der Waals surface area contributed by atoms with Crippen LogP contribution in [0.2, 0.25) is 5.02 Å². The van der Waals surface area contributed by atoms with Crippen LogP contribution in [0.4, 0.5) is 10.1 Å². The summed E-state index contributed by atoms with van der Waals surface area (Å²) in [5, 5.41) is 0.449. The lowest BCUT2D eigenvalue weighted by Crippen LogP contribution is -2.44. The molecule has 82 valence electrons. The fraction of sp³-hybridized carbons (Fsp3) is 0.455. The molecule has 1 aromatic carbocycles. The van der Waals surface area contributed by atoms with Crippen molar-refractivity contribution >= 4 is 17.3 Å². The Bertz CT molecular complexity index is 348. The molecule has 2 rings (SSSR count). The molecule has 0 N–H and O–H groups in total. The van der Waals surface area contributed by atoms with Gasteiger partial charge >= 0.3 is 0 Å². The Morgan fingerprint density at radius 3 is 2.47 bits per heavy atom. The highest BCUT2D eigenvalue weighted by atomic mass is 35.5. The molecule has 0 unspecified atom stereocenters. The lowest BCUT2D eigenvalue weighted by atomic mass is 10.2. The van der Waals surface area contributed by atoms with E-state index in [0.717, 1.165) is 26.2 Å². The van der Waals surface area contributed by atoms with Gasteiger partial charge in [0.15, 0.2) is 0 Å². The van der Waals surface area contributed by atoms with Crippen LogP contribution in [0.15, 0.2) is 18.2 Å². The first-order valence-corrected chi connectivity index (χ1v) is 5.43. The van der Waals surface area contributed by atoms with Gasteiger partial charge in [-0.2, -0.15) is 0 Å². The van der Waals surface area contributed by atoms with E-state index in [4.69, 9.17) is 11.6 Å². The van der Waals surface area contributed by atoms with Crippen molar-refractivity contribution in [1.29, 1.82) is 0 Å². The highest BCUT2D eigenvalue weighted by Crippen LogP contribution is 2.23. The quantitative estimate of drug-likeness (QED) is 0.728. The molecule has 0 saturated carbocycles. The van der Waals surface area contributed by atoms with Crippen LogP contribution >= 0.6 is 11.6 Å². The van der Waals surface area contributed by atoms with Crippen molar-refractivity contribution in [2.45, 2.75) is 0 Å². The first-order valence-electron chi connectivity index (χ1n) is 5.05. The summed E-state index contributed by atoms with van der Waals surface area (Å²) < 4.78 is 13.6. The molecule has 0 atom stereocenters. The summed E-state index contributed by atoms with van der Waals surface area (Å²) in [5.41, 5.74) is 0.660. The van der Waals surface area contributed by atoms with Crippen molar-refractivity contribution < 1.29 is 4.39 Å². The van der Waals surface area contributed by atoms with Crippen LogP contribution in [0.25, 0.3) is 0 Å². The highest BCUT2D eigenvalue weighted by molar-refractivity contribution is 6.30. The summed E-state index contributed by atoms with van der Waals surface area (Å²) >= 11 is 5.71. The molecule has 0 aromatic heterocycles. The molecule has 0 bridgehead atoms. The third kappa shape index (κ3) is 2.41. The number of hydrogen-bond donors (Lipinski definition) is 0. The van der Waals surface area contributed by atoms with Crippen molar-refractivity contribution in [1.82, 2.24) is 4.90 Å². The van der Waals surface area contributed by atoms with Crippen molar-refractivity contribution in [2.24, 2.45) is 0 Å². The Labute approximate surface area is 94.2 Å². The molecule has 0 spiro atoms. The largest absolute Gasteiger partial charge is 0.367 e. The Kier molecular flexibility index (Phi) is 3.12. The SMILES string of the molecule is CN1CCN(c2ccc(Cl)cc2F)CC1. The molecule has 1 aliphatic heterocycles. The van der Waals surface area contributed by atoms with E-state index < -0.39 is 0 Å². The molecule has 0 amide bonds. The predicted molar refractivity (Wildman–Crippen MR) is 61.1 cm³/mol. The molecule has 1 heterocycles. The molecule has 0 radical (unpaired) electrons. The van der Waals surface area contributed by atoms with Crippen LogP contribution in [0.1, 0.15) is 0 Å². The van der Waals surface area contributed by atoms with Gasteiger partial charge in [0.05, 0.1) is 5.69 Å². The summed E-state index contributed by atoms with van der Waals surface area (Å²) in [7, 11) is 2.08. The van der Waals surface area contributed by atoms with E-state index in [2.05, 4.69) is 16.8 Å². The summed E-state index contributed by atoms with van der Waals surface area (Å²) in [5.74, 6) is -0.230. The zero-order chi connectivity index (χ0) is 10.8. The molecule has 1 saturated heterocycles. The number of halogens is 2. The van der Waals surface area contributed by atoms with Crippen LogP contribution in [-0.4, -0.2) is 38.1 Å². The maximum atomic E-state index is 13.6. The number of anilines is 1. The molecule has 15 heavy (non-hydrogen) atoms. The Morgan fingerprint density at radius 1 is 1.20 bits per heavy atom. The minimum absolute atomic E-state index is 0.230. The summed E-state index contributed by atoms with van der Waals surface area (Å²) in [6.45, 7) is 3.69. The maximum Gasteiger partial charge on any atom is 0.147 e. The predicted octanol–water partition coefficient (Wildman–Crippen LogP) is 2.23. The van der Waals surface area contributed by atoms with Gasteiger partial charge in [-0.1, -0.05) is 11.6 Å². The minimum atomic E-state index is -0.230. The van der Waals surface area contributed by atoms with Gasteiger partial charge in [0, 0.05) is 31.2 Å². The number of piperazine rings is 1. The second-order valence-corrected chi connectivity index (χ2v) is 4.32. The average molecular weight is 229 g/mol. The molecule has 4 heteroatoms. The van der Waals surface area contributed by atoms with E-state index >= 15 is 0 Å². The van der Waals surface area contributed by atoms with E-state index in [0.29, 0.717) is 10.7 Å². The summed E-state index contributed by atoms with van der Waals surface area (Å²) in [4.78, 5) is 4.30. The standard InChI is InChI=1S/C11H14ClFN2/c1-14-4-6-15(7-5-14)11-3-2-9(12)8-10(11)13/h2-3,8H,4-7H2,1H3. The Hall–Kier alpha value is -0.800. The highest BCUT2D eigenvalue weighted by Gasteiger charge is 2.16. The first-order chi connectivity index (χ1) is 7.16. The van der Waals surface area contributed by atoms with Crippen LogP contribution in [0.3, 0.4) is 0 Å². The number of rotatable bonds is 1. The van der Waals surface area contributed by atoms with Crippen molar-refractivity contribution in [3.8, 4) is 0 Å². The molecule has 0 aliphatic carbocycles. The van der Waals surface area contributed by atoms with Crippen molar-refractivity contribution in [3.05, 3.63) is 29.0 Å². The molecule has 2 nitrogen and oxygen atoms in total. The molecule has 1 aromatic rings. The first kappa shape index (κ1) is 10.7. The summed E-state index contributed by atoms with van der Waals surface area (Å²) in [6.07, 6.45) is 0. The lowest BCUT2D eigenvalue weighted by molar-refractivity contribution is 0.311. The normalized spacial score (nSPS) is 18.2. The van der Waals surface area contributed by atoms with Crippen molar-refractivity contribution in [3.63, 3.8) is 0 Å². The third-order valence-corrected chi connectivity index (χ3v) is 2.99. The number of nitrogens with zero attached hydrogens (tertiary/aromatic N) is 2. The van der Waals surface area contributed by atoms with Gasteiger partial charge in [-0.05, 0) is 25.2 Å². The van der Waals surface area contributed by atoms with Gasteiger partial charge in [0.1, 0.15) is 5.82 Å². The average Bonchev–Trinajstić information content (AvgIpc) is 2.20. The van der Waals surface area contributed by atoms with Gasteiger partial charge < -0.3 is 9.80 Å². The fourth-order valence-corrected chi connectivity index (χ4v) is 1.94. The smallest absolute Gasteiger partial charge is 0.147 e. The van der Waals surface area contributed by atoms with Crippen LogP contribution < -0.4 is 4.90 Å². The van der Waals surface area contributed by atoms with Crippen LogP contribution in [0.5, 0.6) is 0 Å². The zero-order valence-corrected chi connectivity index (χ0v) is 9.47. The third-order valence-electron chi connectivity index (χ3n) is 2.75. The monoisotopic (exact) mass is 228 g/mol. The molecular weight excluding hydrogens is 215 g/mol. The van der Waals surface area contributed by atoms with E-state index in [9.17, 15) is 4.39 Å². The van der Waals surface area contributed by atoms with Gasteiger partial charge in [0.25, 0.3) is 0 Å². The second kappa shape index (κ2) is 4.37. The second-order valence-electron chi connectivity index (χ2n) is 3.89. The molecule has 1 fully saturated rings. The fourth-order valence-electron chi connectivity index (χ4n) is 1.79. The minimum Gasteiger partial charge on any atom is -0.367 e. The van der Waals surface area contributed by atoms with E-state index in [1.807, 2.05) is 0 Å². The molecule has 1 aliphatic rings. The van der Waals surface area contributed by atoms with Gasteiger partial charge in [-0.3, -0.25) is 0 Å². The Morgan fingerprint density at radius 2 is 1.87 bits per heavy atom. The number of benzene rings is 1. The van der Waals surface area contributed by atoms with E-state index in [-0.39, 0.29) is 5.82 Å². The van der Waals surface area contributed by atoms with Crippen molar-refractivity contribution in [2.75, 3.05) is 38.1 Å². The maximum absolute atomic E-state index is 13.6. The van der Waals surface area contributed by atoms with Gasteiger partial charge in [0.2, 0.25) is 0 Å². The van der Waals surface area contributed by atoms with E-state index in [1.165, 1.54) is 6.07 Å².